The number of aliphatic carboxylic acids is 1. The fraction of sp³-hybridized carbons (Fsp3) is 0.625. The number of carbonyl (C=O) groups is 3. The van der Waals surface area contributed by atoms with Crippen LogP contribution in [0.5, 0.6) is 0 Å². The monoisotopic (exact) mass is 218 g/mol. The van der Waals surface area contributed by atoms with Crippen LogP contribution in [-0.2, 0) is 19.1 Å². The molecule has 0 rings (SSSR count). The highest BCUT2D eigenvalue weighted by molar-refractivity contribution is 5.78. The number of hydrogen-bond donors (Lipinski definition) is 3. The molecular weight excluding hydrogens is 204 g/mol. The number of nitrogens with one attached hydrogen (secondary N) is 1. The molecule has 4 N–H and O–H groups in total. The van der Waals surface area contributed by atoms with Gasteiger partial charge in [0.05, 0.1) is 13.7 Å². The van der Waals surface area contributed by atoms with Crippen molar-refractivity contribution in [3.05, 3.63) is 0 Å². The number of amides is 1. The van der Waals surface area contributed by atoms with Crippen molar-refractivity contribution >= 4 is 17.8 Å². The van der Waals surface area contributed by atoms with E-state index in [1.807, 2.05) is 0 Å². The van der Waals surface area contributed by atoms with Crippen molar-refractivity contribution in [2.45, 2.75) is 18.9 Å². The molecule has 0 fully saturated rings. The standard InChI is InChI=1S/C8H14N2O5/c1-15-7(12)4-10-5(8(13)14)2-3-6(9)11/h5,10H,2-4H2,1H3,(H2,9,11)(H,13,14)/t5-/m0/s1. The summed E-state index contributed by atoms with van der Waals surface area (Å²) in [5.41, 5.74) is 4.87. The van der Waals surface area contributed by atoms with Crippen molar-refractivity contribution in [3.8, 4) is 0 Å². The number of rotatable bonds is 7. The molecule has 7 nitrogen and oxygen atoms in total. The molecule has 0 unspecified atom stereocenters. The molecule has 86 valence electrons. The highest BCUT2D eigenvalue weighted by Gasteiger charge is 2.18. The fourth-order valence-electron chi connectivity index (χ4n) is 0.878. The number of methoxy groups -OCH3 is 1. The van der Waals surface area contributed by atoms with Crippen LogP contribution in [0.15, 0.2) is 0 Å². The minimum absolute atomic E-state index is 0.0433. The predicted molar refractivity (Wildman–Crippen MR) is 49.9 cm³/mol. The van der Waals surface area contributed by atoms with E-state index in [1.165, 1.54) is 7.11 Å². The molecule has 0 aromatic heterocycles. The van der Waals surface area contributed by atoms with Gasteiger partial charge in [0.25, 0.3) is 0 Å². The lowest BCUT2D eigenvalue weighted by Gasteiger charge is -2.12. The summed E-state index contributed by atoms with van der Waals surface area (Å²) in [4.78, 5) is 31.8. The Labute approximate surface area is 86.6 Å². The van der Waals surface area contributed by atoms with Gasteiger partial charge >= 0.3 is 11.9 Å². The zero-order valence-electron chi connectivity index (χ0n) is 8.36. The number of ether oxygens (including phenoxy) is 1. The van der Waals surface area contributed by atoms with Crippen molar-refractivity contribution in [1.82, 2.24) is 5.32 Å². The van der Waals surface area contributed by atoms with Crippen LogP contribution in [0.2, 0.25) is 0 Å². The lowest BCUT2D eigenvalue weighted by atomic mass is 10.1. The topological polar surface area (TPSA) is 119 Å². The van der Waals surface area contributed by atoms with Gasteiger partial charge in [-0.1, -0.05) is 0 Å². The lowest BCUT2D eigenvalue weighted by molar-refractivity contribution is -0.141. The molecule has 0 aliphatic heterocycles. The molecule has 0 aromatic carbocycles. The molecule has 0 radical (unpaired) electrons. The Hall–Kier alpha value is -1.63. The molecule has 15 heavy (non-hydrogen) atoms. The number of hydrogen-bond acceptors (Lipinski definition) is 5. The van der Waals surface area contributed by atoms with Gasteiger partial charge in [-0.3, -0.25) is 19.7 Å². The van der Waals surface area contributed by atoms with Gasteiger partial charge < -0.3 is 15.6 Å². The highest BCUT2D eigenvalue weighted by atomic mass is 16.5. The second-order valence-electron chi connectivity index (χ2n) is 2.85. The number of primary amides is 1. The third-order valence-electron chi connectivity index (χ3n) is 1.70. The molecule has 0 aromatic rings. The third-order valence-corrected chi connectivity index (χ3v) is 1.70. The zero-order chi connectivity index (χ0) is 11.8. The van der Waals surface area contributed by atoms with Crippen LogP contribution in [0.4, 0.5) is 0 Å². The SMILES string of the molecule is COC(=O)CN[C@@H](CCC(N)=O)C(=O)O. The molecule has 7 heteroatoms. The summed E-state index contributed by atoms with van der Waals surface area (Å²) >= 11 is 0. The number of nitrogens with two attached hydrogens (primary N) is 1. The van der Waals surface area contributed by atoms with Gasteiger partial charge in [0, 0.05) is 6.42 Å². The van der Waals surface area contributed by atoms with Crippen LogP contribution in [0.3, 0.4) is 0 Å². The fourth-order valence-corrected chi connectivity index (χ4v) is 0.878. The van der Waals surface area contributed by atoms with Gasteiger partial charge in [0.2, 0.25) is 5.91 Å². The number of carboxylic acid groups (broad SMARTS) is 1. The number of esters is 1. The first kappa shape index (κ1) is 13.4. The first-order valence-electron chi connectivity index (χ1n) is 4.28. The molecule has 0 saturated heterocycles. The molecule has 1 atom stereocenters. The van der Waals surface area contributed by atoms with Gasteiger partial charge in [-0.2, -0.15) is 0 Å². The molecule has 0 aliphatic carbocycles. The summed E-state index contributed by atoms with van der Waals surface area (Å²) in [6.45, 7) is -0.216. The van der Waals surface area contributed by atoms with Crippen molar-refractivity contribution in [2.75, 3.05) is 13.7 Å². The molecular formula is C8H14N2O5. The van der Waals surface area contributed by atoms with Crippen molar-refractivity contribution in [2.24, 2.45) is 5.73 Å². The van der Waals surface area contributed by atoms with Gasteiger partial charge in [-0.05, 0) is 6.42 Å². The second kappa shape index (κ2) is 6.77. The zero-order valence-corrected chi connectivity index (χ0v) is 8.36. The minimum atomic E-state index is -1.14. The van der Waals surface area contributed by atoms with Crippen molar-refractivity contribution < 1.29 is 24.2 Å². The van der Waals surface area contributed by atoms with Crippen LogP contribution < -0.4 is 11.1 Å². The summed E-state index contributed by atoms with van der Waals surface area (Å²) in [7, 11) is 1.20. The highest BCUT2D eigenvalue weighted by Crippen LogP contribution is 1.96. The lowest BCUT2D eigenvalue weighted by Crippen LogP contribution is -2.40. The van der Waals surface area contributed by atoms with Crippen LogP contribution in [-0.4, -0.2) is 42.6 Å². The smallest absolute Gasteiger partial charge is 0.320 e. The Kier molecular flexibility index (Phi) is 6.03. The van der Waals surface area contributed by atoms with Gasteiger partial charge in [-0.25, -0.2) is 0 Å². The third kappa shape index (κ3) is 6.44. The van der Waals surface area contributed by atoms with Gasteiger partial charge in [0.1, 0.15) is 6.04 Å². The van der Waals surface area contributed by atoms with Crippen LogP contribution in [0.1, 0.15) is 12.8 Å². The Bertz CT molecular complexity index is 253. The average Bonchev–Trinajstić information content (AvgIpc) is 2.16. The van der Waals surface area contributed by atoms with E-state index in [0.29, 0.717) is 0 Å². The number of carbonyl (C=O) groups excluding carboxylic acids is 2. The quantitative estimate of drug-likeness (QED) is 0.446. The van der Waals surface area contributed by atoms with Gasteiger partial charge in [0.15, 0.2) is 0 Å². The predicted octanol–water partition coefficient (Wildman–Crippen LogP) is -1.53. The van der Waals surface area contributed by atoms with E-state index < -0.39 is 23.9 Å². The summed E-state index contributed by atoms with van der Waals surface area (Å²) in [5, 5.41) is 11.1. The maximum absolute atomic E-state index is 10.7. The van der Waals surface area contributed by atoms with Crippen molar-refractivity contribution in [1.29, 1.82) is 0 Å². The van der Waals surface area contributed by atoms with E-state index in [0.717, 1.165) is 0 Å². The van der Waals surface area contributed by atoms with E-state index in [-0.39, 0.29) is 19.4 Å². The summed E-state index contributed by atoms with van der Waals surface area (Å²) < 4.78 is 4.32. The molecule has 0 spiro atoms. The van der Waals surface area contributed by atoms with Crippen LogP contribution in [0, 0.1) is 0 Å². The first-order chi connectivity index (χ1) is 6.97. The normalized spacial score (nSPS) is 11.8. The Morgan fingerprint density at radius 3 is 2.47 bits per heavy atom. The molecule has 0 saturated carbocycles. The van der Waals surface area contributed by atoms with E-state index in [9.17, 15) is 14.4 Å². The largest absolute Gasteiger partial charge is 0.480 e. The Balaban J connectivity index is 3.99. The average molecular weight is 218 g/mol. The maximum Gasteiger partial charge on any atom is 0.320 e. The van der Waals surface area contributed by atoms with E-state index >= 15 is 0 Å². The van der Waals surface area contributed by atoms with E-state index in [2.05, 4.69) is 10.1 Å². The summed E-state index contributed by atoms with van der Waals surface area (Å²) in [5.74, 6) is -2.29. The summed E-state index contributed by atoms with van der Waals surface area (Å²) in [6, 6.07) is -0.975. The molecule has 0 heterocycles. The second-order valence-corrected chi connectivity index (χ2v) is 2.85. The summed E-state index contributed by atoms with van der Waals surface area (Å²) in [6.07, 6.45) is -0.00714. The Morgan fingerprint density at radius 1 is 1.47 bits per heavy atom. The number of carboxylic acids is 1. The van der Waals surface area contributed by atoms with E-state index in [1.54, 1.807) is 0 Å². The van der Waals surface area contributed by atoms with Gasteiger partial charge in [-0.15, -0.1) is 0 Å². The molecule has 1 amide bonds. The Morgan fingerprint density at radius 2 is 2.07 bits per heavy atom. The van der Waals surface area contributed by atoms with E-state index in [4.69, 9.17) is 10.8 Å². The minimum Gasteiger partial charge on any atom is -0.480 e. The van der Waals surface area contributed by atoms with Crippen molar-refractivity contribution in [3.63, 3.8) is 0 Å². The van der Waals surface area contributed by atoms with Crippen LogP contribution in [0.25, 0.3) is 0 Å². The molecule has 0 aliphatic rings. The van der Waals surface area contributed by atoms with Crippen LogP contribution >= 0.6 is 0 Å². The molecule has 0 bridgehead atoms. The maximum atomic E-state index is 10.7. The first-order valence-corrected chi connectivity index (χ1v) is 4.28.